The first-order valence-electron chi connectivity index (χ1n) is 13.7. The summed E-state index contributed by atoms with van der Waals surface area (Å²) in [5.41, 5.74) is 4.75. The predicted molar refractivity (Wildman–Crippen MR) is 152 cm³/mol. The van der Waals surface area contributed by atoms with Gasteiger partial charge >= 0.3 is 0 Å². The van der Waals surface area contributed by atoms with Gasteiger partial charge in [0.2, 0.25) is 5.43 Å². The van der Waals surface area contributed by atoms with Crippen molar-refractivity contribution in [1.82, 2.24) is 14.5 Å². The second kappa shape index (κ2) is 10.9. The fourth-order valence-corrected chi connectivity index (χ4v) is 6.96. The Morgan fingerprint density at radius 2 is 1.95 bits per heavy atom. The molecule has 2 saturated heterocycles. The molecule has 2 bridgehead atoms. The average molecular weight is 643 g/mol. The van der Waals surface area contributed by atoms with Crippen molar-refractivity contribution in [1.29, 1.82) is 0 Å². The highest BCUT2D eigenvalue weighted by atomic mass is 79.9. The van der Waals surface area contributed by atoms with E-state index in [1.165, 1.54) is 18.3 Å². The lowest BCUT2D eigenvalue weighted by atomic mass is 9.85. The molecule has 42 heavy (non-hydrogen) atoms. The molecule has 1 spiro atoms. The van der Waals surface area contributed by atoms with E-state index in [2.05, 4.69) is 15.9 Å². The minimum Gasteiger partial charge on any atom is -0.483 e. The lowest BCUT2D eigenvalue weighted by Gasteiger charge is -2.43. The van der Waals surface area contributed by atoms with Crippen LogP contribution in [0, 0.1) is 11.6 Å². The topological polar surface area (TPSA) is 107 Å². The number of primary amides is 1. The predicted octanol–water partition coefficient (Wildman–Crippen LogP) is 4.28. The van der Waals surface area contributed by atoms with Crippen molar-refractivity contribution in [3.8, 4) is 5.75 Å². The summed E-state index contributed by atoms with van der Waals surface area (Å²) in [6.45, 7) is 2.24. The van der Waals surface area contributed by atoms with Crippen LogP contribution in [0.15, 0.2) is 59.5 Å². The maximum absolute atomic E-state index is 14.5. The normalized spacial score (nSPS) is 25.4. The SMILES string of the molecule is C[C@H]1CC[C@]2(CC(Br)N(Cc3ccc(F)cc3F)O2)[C@H]2CN1C(=O)c1c(OCc3ccccc3)c(=O)c(C(N)=O)cn12. The third-order valence-electron chi connectivity index (χ3n) is 8.44. The number of aromatic nitrogens is 1. The number of carbonyl (C=O) groups is 2. The zero-order valence-electron chi connectivity index (χ0n) is 22.8. The maximum atomic E-state index is 14.5. The number of hydrogen-bond donors (Lipinski definition) is 1. The maximum Gasteiger partial charge on any atom is 0.274 e. The van der Waals surface area contributed by atoms with Gasteiger partial charge in [0.05, 0.1) is 17.5 Å². The van der Waals surface area contributed by atoms with Crippen LogP contribution in [0.4, 0.5) is 8.78 Å². The molecule has 2 N–H and O–H groups in total. The van der Waals surface area contributed by atoms with Crippen molar-refractivity contribution >= 4 is 27.7 Å². The van der Waals surface area contributed by atoms with Crippen LogP contribution in [0.3, 0.4) is 0 Å². The van der Waals surface area contributed by atoms with Crippen LogP contribution in [0.1, 0.15) is 64.2 Å². The van der Waals surface area contributed by atoms with Crippen LogP contribution in [0.25, 0.3) is 0 Å². The lowest BCUT2D eigenvalue weighted by Crippen LogP contribution is -2.52. The number of ether oxygens (including phenoxy) is 1. The van der Waals surface area contributed by atoms with Gasteiger partial charge in [0.25, 0.3) is 11.8 Å². The van der Waals surface area contributed by atoms with Crippen LogP contribution in [0.2, 0.25) is 0 Å². The first-order valence-corrected chi connectivity index (χ1v) is 14.6. The lowest BCUT2D eigenvalue weighted by molar-refractivity contribution is -0.219. The Kier molecular flexibility index (Phi) is 7.40. The molecule has 2 fully saturated rings. The smallest absolute Gasteiger partial charge is 0.274 e. The van der Waals surface area contributed by atoms with Crippen molar-refractivity contribution in [3.63, 3.8) is 0 Å². The summed E-state index contributed by atoms with van der Waals surface area (Å²) in [6, 6.07) is 11.9. The molecule has 4 heterocycles. The molecule has 4 atom stereocenters. The number of hydroxylamine groups is 2. The van der Waals surface area contributed by atoms with Crippen molar-refractivity contribution in [2.75, 3.05) is 6.54 Å². The van der Waals surface area contributed by atoms with E-state index in [1.54, 1.807) is 14.5 Å². The molecule has 3 aliphatic rings. The first kappa shape index (κ1) is 28.5. The fourth-order valence-electron chi connectivity index (χ4n) is 6.18. The third kappa shape index (κ3) is 4.91. The van der Waals surface area contributed by atoms with E-state index < -0.39 is 34.6 Å². The van der Waals surface area contributed by atoms with E-state index >= 15 is 0 Å². The first-order chi connectivity index (χ1) is 20.1. The number of benzene rings is 2. The van der Waals surface area contributed by atoms with Gasteiger partial charge in [-0.2, -0.15) is 5.06 Å². The number of halogens is 3. The highest BCUT2D eigenvalue weighted by Crippen LogP contribution is 2.50. The number of rotatable bonds is 6. The molecule has 0 radical (unpaired) electrons. The minimum atomic E-state index is -0.940. The number of carbonyl (C=O) groups excluding carboxylic acids is 2. The van der Waals surface area contributed by atoms with Crippen LogP contribution in [-0.2, 0) is 18.0 Å². The van der Waals surface area contributed by atoms with Crippen LogP contribution in [-0.4, -0.2) is 49.5 Å². The molecule has 2 aromatic carbocycles. The second-order valence-corrected chi connectivity index (χ2v) is 12.1. The highest BCUT2D eigenvalue weighted by molar-refractivity contribution is 9.09. The quantitative estimate of drug-likeness (QED) is 0.318. The van der Waals surface area contributed by atoms with E-state index in [-0.39, 0.29) is 59.2 Å². The molecule has 6 rings (SSSR count). The molecule has 1 aromatic heterocycles. The molecule has 3 aromatic rings. The van der Waals surface area contributed by atoms with Gasteiger partial charge < -0.3 is 19.9 Å². The molecule has 9 nitrogen and oxygen atoms in total. The summed E-state index contributed by atoms with van der Waals surface area (Å²) in [4.78, 5) is 47.9. The van der Waals surface area contributed by atoms with E-state index in [0.717, 1.165) is 11.6 Å². The summed E-state index contributed by atoms with van der Waals surface area (Å²) in [5, 5.41) is 1.61. The van der Waals surface area contributed by atoms with Gasteiger partial charge in [-0.25, -0.2) is 8.78 Å². The monoisotopic (exact) mass is 642 g/mol. The van der Waals surface area contributed by atoms with Gasteiger partial charge in [0.15, 0.2) is 11.4 Å². The number of pyridine rings is 1. The van der Waals surface area contributed by atoms with E-state index in [1.807, 2.05) is 37.3 Å². The van der Waals surface area contributed by atoms with Crippen molar-refractivity contribution in [3.05, 3.63) is 99.0 Å². The van der Waals surface area contributed by atoms with Crippen molar-refractivity contribution in [2.45, 2.75) is 62.0 Å². The summed E-state index contributed by atoms with van der Waals surface area (Å²) < 4.78 is 35.7. The molecule has 0 saturated carbocycles. The van der Waals surface area contributed by atoms with Gasteiger partial charge in [-0.05, 0) is 31.4 Å². The zero-order valence-corrected chi connectivity index (χ0v) is 24.4. The van der Waals surface area contributed by atoms with E-state index in [4.69, 9.17) is 15.3 Å². The van der Waals surface area contributed by atoms with E-state index in [0.29, 0.717) is 19.3 Å². The Bertz CT molecular complexity index is 1620. The Hall–Kier alpha value is -3.61. The molecule has 0 aliphatic carbocycles. The standard InChI is InChI=1S/C30H29BrF2N4O5/c1-17-9-10-30(12-24(31)37(42-30)13-19-7-8-20(32)11-22(19)33)23-15-35(17)29(40)25-27(41-16-18-5-3-2-4-6-18)26(38)21(28(34)39)14-36(23)25/h2-8,11,14,17,23-24H,9-10,12-13,15-16H2,1H3,(H2,34,39)/t17-,23+,24?,30-/m0/s1. The Labute approximate surface area is 248 Å². The summed E-state index contributed by atoms with van der Waals surface area (Å²) in [6.07, 6.45) is 2.92. The Balaban J connectivity index is 1.44. The highest BCUT2D eigenvalue weighted by Gasteiger charge is 2.56. The largest absolute Gasteiger partial charge is 0.483 e. The van der Waals surface area contributed by atoms with Crippen LogP contribution < -0.4 is 15.9 Å². The van der Waals surface area contributed by atoms with Gasteiger partial charge in [-0.1, -0.05) is 52.3 Å². The number of fused-ring (bicyclic) bond motifs is 5. The van der Waals surface area contributed by atoms with Gasteiger partial charge in [0.1, 0.15) is 29.4 Å². The summed E-state index contributed by atoms with van der Waals surface area (Å²) in [7, 11) is 0. The van der Waals surface area contributed by atoms with Crippen molar-refractivity contribution in [2.24, 2.45) is 5.73 Å². The Morgan fingerprint density at radius 1 is 1.19 bits per heavy atom. The van der Waals surface area contributed by atoms with Crippen LogP contribution in [0.5, 0.6) is 5.75 Å². The number of alkyl halides is 1. The third-order valence-corrected chi connectivity index (χ3v) is 9.22. The van der Waals surface area contributed by atoms with Gasteiger partial charge in [-0.3, -0.25) is 19.2 Å². The van der Waals surface area contributed by atoms with Gasteiger partial charge in [0, 0.05) is 36.8 Å². The number of nitrogens with two attached hydrogens (primary N) is 1. The number of amides is 2. The minimum absolute atomic E-state index is 0.000917. The second-order valence-electron chi connectivity index (χ2n) is 11.1. The summed E-state index contributed by atoms with van der Waals surface area (Å²) in [5.74, 6) is -2.91. The van der Waals surface area contributed by atoms with Gasteiger partial charge in [-0.15, -0.1) is 0 Å². The molecule has 220 valence electrons. The molecule has 1 unspecified atom stereocenters. The number of nitrogens with zero attached hydrogens (tertiary/aromatic N) is 3. The zero-order chi connectivity index (χ0) is 29.8. The number of hydrogen-bond acceptors (Lipinski definition) is 6. The average Bonchev–Trinajstić information content (AvgIpc) is 3.22. The Morgan fingerprint density at radius 3 is 2.67 bits per heavy atom. The molecule has 12 heteroatoms. The molecular weight excluding hydrogens is 614 g/mol. The molecule has 3 aliphatic heterocycles. The molecule has 2 amide bonds. The molecular formula is C30H29BrF2N4O5. The fraction of sp³-hybridized carbons (Fsp3) is 0.367. The summed E-state index contributed by atoms with van der Waals surface area (Å²) >= 11 is 3.67. The van der Waals surface area contributed by atoms with Crippen molar-refractivity contribution < 1.29 is 27.9 Å². The van der Waals surface area contributed by atoms with E-state index in [9.17, 15) is 23.2 Å². The van der Waals surface area contributed by atoms with Crippen LogP contribution >= 0.6 is 15.9 Å².